The minimum atomic E-state index is -4.81. The van der Waals surface area contributed by atoms with Crippen molar-refractivity contribution in [3.8, 4) is 0 Å². The third-order valence-corrected chi connectivity index (χ3v) is 2.67. The molecule has 0 unspecified atom stereocenters. The molecule has 5 heteroatoms. The second-order valence-electron chi connectivity index (χ2n) is 3.85. The molecule has 1 aromatic carbocycles. The molecule has 1 heterocycles. The molecule has 16 heavy (non-hydrogen) atoms. The summed E-state index contributed by atoms with van der Waals surface area (Å²) >= 11 is 0. The van der Waals surface area contributed by atoms with E-state index in [1.165, 1.54) is 0 Å². The summed E-state index contributed by atoms with van der Waals surface area (Å²) in [5.41, 5.74) is 1.16. The van der Waals surface area contributed by atoms with E-state index in [0.29, 0.717) is 12.1 Å². The Balaban J connectivity index is 2.40. The van der Waals surface area contributed by atoms with Crippen molar-refractivity contribution in [2.75, 3.05) is 4.90 Å². The monoisotopic (exact) mass is 229 g/mol. The van der Waals surface area contributed by atoms with Crippen molar-refractivity contribution >= 4 is 11.6 Å². The first kappa shape index (κ1) is 11.0. The quantitative estimate of drug-likeness (QED) is 0.669. The van der Waals surface area contributed by atoms with E-state index >= 15 is 0 Å². The van der Waals surface area contributed by atoms with E-state index in [0.717, 1.165) is 10.5 Å². The molecule has 1 amide bonds. The van der Waals surface area contributed by atoms with Crippen LogP contribution in [0.15, 0.2) is 24.3 Å². The third-order valence-electron chi connectivity index (χ3n) is 2.67. The second kappa shape index (κ2) is 3.50. The Hall–Kier alpha value is -1.52. The van der Waals surface area contributed by atoms with Gasteiger partial charge in [0, 0.05) is 11.7 Å². The molecule has 2 rings (SSSR count). The maximum Gasteiger partial charge on any atom is 0.471 e. The van der Waals surface area contributed by atoms with Crippen LogP contribution < -0.4 is 4.90 Å². The Morgan fingerprint density at radius 2 is 2.00 bits per heavy atom. The van der Waals surface area contributed by atoms with Gasteiger partial charge in [0.05, 0.1) is 0 Å². The van der Waals surface area contributed by atoms with Crippen LogP contribution in [0.3, 0.4) is 0 Å². The van der Waals surface area contributed by atoms with E-state index in [-0.39, 0.29) is 0 Å². The third kappa shape index (κ3) is 1.66. The number of hydrogen-bond donors (Lipinski definition) is 0. The molecule has 86 valence electrons. The van der Waals surface area contributed by atoms with E-state index in [4.69, 9.17) is 0 Å². The molecule has 0 aliphatic carbocycles. The van der Waals surface area contributed by atoms with Crippen LogP contribution in [0, 0.1) is 0 Å². The summed E-state index contributed by atoms with van der Waals surface area (Å²) in [6.45, 7) is 1.61. The molecule has 1 aromatic rings. The molecule has 0 spiro atoms. The average molecular weight is 229 g/mol. The molecule has 1 atom stereocenters. The molecular formula is C11H10F3NO. The standard InChI is InChI=1S/C11H10F3NO/c1-7-6-8-4-2-3-5-9(8)15(7)10(16)11(12,13)14/h2-5,7H,6H2,1H3/t7-/m1/s1. The van der Waals surface area contributed by atoms with Crippen molar-refractivity contribution in [3.05, 3.63) is 29.8 Å². The summed E-state index contributed by atoms with van der Waals surface area (Å²) in [5.74, 6) is -1.79. The van der Waals surface area contributed by atoms with Gasteiger partial charge in [0.15, 0.2) is 0 Å². The Labute approximate surface area is 90.7 Å². The highest BCUT2D eigenvalue weighted by atomic mass is 19.4. The normalized spacial score (nSPS) is 19.8. The lowest BCUT2D eigenvalue weighted by molar-refractivity contribution is -0.170. The fraction of sp³-hybridized carbons (Fsp3) is 0.364. The zero-order chi connectivity index (χ0) is 11.9. The molecule has 0 bridgehead atoms. The first-order valence-electron chi connectivity index (χ1n) is 4.89. The molecule has 0 aromatic heterocycles. The van der Waals surface area contributed by atoms with E-state index in [2.05, 4.69) is 0 Å². The number of rotatable bonds is 0. The van der Waals surface area contributed by atoms with Crippen molar-refractivity contribution in [1.82, 2.24) is 0 Å². The number of para-hydroxylation sites is 1. The van der Waals surface area contributed by atoms with Gasteiger partial charge in [-0.05, 0) is 25.0 Å². The maximum atomic E-state index is 12.4. The van der Waals surface area contributed by atoms with Crippen molar-refractivity contribution < 1.29 is 18.0 Å². The molecule has 0 saturated heterocycles. The van der Waals surface area contributed by atoms with Gasteiger partial charge in [-0.15, -0.1) is 0 Å². The molecular weight excluding hydrogens is 219 g/mol. The highest BCUT2D eigenvalue weighted by Crippen LogP contribution is 2.34. The summed E-state index contributed by atoms with van der Waals surface area (Å²) < 4.78 is 37.1. The first-order valence-corrected chi connectivity index (χ1v) is 4.89. The van der Waals surface area contributed by atoms with Gasteiger partial charge in [0.1, 0.15) is 0 Å². The minimum absolute atomic E-state index is 0.373. The van der Waals surface area contributed by atoms with Crippen molar-refractivity contribution in [3.63, 3.8) is 0 Å². The molecule has 1 aliphatic rings. The number of anilines is 1. The number of carbonyl (C=O) groups is 1. The lowest BCUT2D eigenvalue weighted by Crippen LogP contribution is -2.44. The highest BCUT2D eigenvalue weighted by Gasteiger charge is 2.46. The SMILES string of the molecule is C[C@@H]1Cc2ccccc2N1C(=O)C(F)(F)F. The number of carbonyl (C=O) groups excluding carboxylic acids is 1. The molecule has 0 radical (unpaired) electrons. The van der Waals surface area contributed by atoms with Gasteiger partial charge < -0.3 is 4.90 Å². The smallest absolute Gasteiger partial charge is 0.301 e. The Kier molecular flexibility index (Phi) is 2.40. The van der Waals surface area contributed by atoms with Gasteiger partial charge in [-0.3, -0.25) is 4.79 Å². The van der Waals surface area contributed by atoms with Crippen molar-refractivity contribution in [2.24, 2.45) is 0 Å². The van der Waals surface area contributed by atoms with Gasteiger partial charge in [-0.25, -0.2) is 0 Å². The lowest BCUT2D eigenvalue weighted by atomic mass is 10.1. The zero-order valence-corrected chi connectivity index (χ0v) is 8.58. The molecule has 0 fully saturated rings. The van der Waals surface area contributed by atoms with Crippen LogP contribution >= 0.6 is 0 Å². The number of nitrogens with zero attached hydrogens (tertiary/aromatic N) is 1. The number of hydrogen-bond acceptors (Lipinski definition) is 1. The van der Waals surface area contributed by atoms with E-state index in [1.807, 2.05) is 0 Å². The topological polar surface area (TPSA) is 20.3 Å². The Morgan fingerprint density at radius 1 is 1.38 bits per heavy atom. The molecule has 0 N–H and O–H groups in total. The summed E-state index contributed by atoms with van der Waals surface area (Å²) in [6, 6.07) is 6.24. The summed E-state index contributed by atoms with van der Waals surface area (Å²) in [5, 5.41) is 0. The predicted octanol–water partition coefficient (Wildman–Crippen LogP) is 2.53. The van der Waals surface area contributed by atoms with E-state index in [1.54, 1.807) is 31.2 Å². The van der Waals surface area contributed by atoms with Gasteiger partial charge >= 0.3 is 12.1 Å². The van der Waals surface area contributed by atoms with Crippen molar-refractivity contribution in [2.45, 2.75) is 25.6 Å². The molecule has 0 saturated carbocycles. The fourth-order valence-corrected chi connectivity index (χ4v) is 2.01. The largest absolute Gasteiger partial charge is 0.471 e. The number of alkyl halides is 3. The van der Waals surface area contributed by atoms with Crippen LogP contribution in [-0.4, -0.2) is 18.1 Å². The molecule has 2 nitrogen and oxygen atoms in total. The van der Waals surface area contributed by atoms with Crippen LogP contribution in [0.4, 0.5) is 18.9 Å². The van der Waals surface area contributed by atoms with E-state index in [9.17, 15) is 18.0 Å². The van der Waals surface area contributed by atoms with Crippen LogP contribution in [-0.2, 0) is 11.2 Å². The number of benzene rings is 1. The number of halogens is 3. The Bertz CT molecular complexity index is 427. The predicted molar refractivity (Wildman–Crippen MR) is 53.1 cm³/mol. The minimum Gasteiger partial charge on any atom is -0.301 e. The highest BCUT2D eigenvalue weighted by molar-refractivity contribution is 5.99. The summed E-state index contributed by atoms with van der Waals surface area (Å²) in [6.07, 6.45) is -4.34. The fourth-order valence-electron chi connectivity index (χ4n) is 2.01. The first-order chi connectivity index (χ1) is 7.41. The van der Waals surface area contributed by atoms with Crippen molar-refractivity contribution in [1.29, 1.82) is 0 Å². The molecule has 1 aliphatic heterocycles. The van der Waals surface area contributed by atoms with E-state index < -0.39 is 18.1 Å². The van der Waals surface area contributed by atoms with Crippen LogP contribution in [0.5, 0.6) is 0 Å². The maximum absolute atomic E-state index is 12.4. The van der Waals surface area contributed by atoms with Crippen LogP contribution in [0.2, 0.25) is 0 Å². The van der Waals surface area contributed by atoms with Crippen LogP contribution in [0.1, 0.15) is 12.5 Å². The van der Waals surface area contributed by atoms with Crippen LogP contribution in [0.25, 0.3) is 0 Å². The van der Waals surface area contributed by atoms with Gasteiger partial charge in [0.25, 0.3) is 0 Å². The number of fused-ring (bicyclic) bond motifs is 1. The van der Waals surface area contributed by atoms with Gasteiger partial charge in [-0.1, -0.05) is 18.2 Å². The van der Waals surface area contributed by atoms with Gasteiger partial charge in [-0.2, -0.15) is 13.2 Å². The summed E-state index contributed by atoms with van der Waals surface area (Å²) in [4.78, 5) is 12.1. The second-order valence-corrected chi connectivity index (χ2v) is 3.85. The Morgan fingerprint density at radius 3 is 2.62 bits per heavy atom. The lowest BCUT2D eigenvalue weighted by Gasteiger charge is -2.23. The number of amides is 1. The van der Waals surface area contributed by atoms with Gasteiger partial charge in [0.2, 0.25) is 0 Å². The average Bonchev–Trinajstić information content (AvgIpc) is 2.51. The summed E-state index contributed by atoms with van der Waals surface area (Å²) in [7, 11) is 0. The zero-order valence-electron chi connectivity index (χ0n) is 8.58.